The van der Waals surface area contributed by atoms with E-state index in [4.69, 9.17) is 0 Å². The summed E-state index contributed by atoms with van der Waals surface area (Å²) in [4.78, 5) is 26.6. The zero-order valence-electron chi connectivity index (χ0n) is 18.1. The summed E-state index contributed by atoms with van der Waals surface area (Å²) in [5.41, 5.74) is 1.59. The first-order chi connectivity index (χ1) is 14.6. The number of hydrogen-bond donors (Lipinski definition) is 1. The molecule has 31 heavy (non-hydrogen) atoms. The molecule has 0 spiro atoms. The molecule has 0 radical (unpaired) electrons. The number of carbonyl (C=O) groups is 2. The summed E-state index contributed by atoms with van der Waals surface area (Å²) in [6.07, 6.45) is 1.80. The van der Waals surface area contributed by atoms with E-state index in [1.54, 1.807) is 30.3 Å². The quantitative estimate of drug-likeness (QED) is 0.637. The second kappa shape index (κ2) is 10.4. The number of halogens is 1. The van der Waals surface area contributed by atoms with Crippen LogP contribution in [0.1, 0.15) is 25.0 Å². The van der Waals surface area contributed by atoms with Crippen LogP contribution in [-0.2, 0) is 32.6 Å². The zero-order valence-corrected chi connectivity index (χ0v) is 18.9. The number of anilines is 1. The van der Waals surface area contributed by atoms with Gasteiger partial charge in [-0.3, -0.25) is 13.9 Å². The van der Waals surface area contributed by atoms with Crippen LogP contribution in [-0.4, -0.2) is 51.0 Å². The number of rotatable bonds is 9. The Hall–Kier alpha value is -2.94. The van der Waals surface area contributed by atoms with Gasteiger partial charge in [0.2, 0.25) is 21.8 Å². The van der Waals surface area contributed by atoms with E-state index >= 15 is 0 Å². The van der Waals surface area contributed by atoms with Crippen molar-refractivity contribution in [2.24, 2.45) is 0 Å². The lowest BCUT2D eigenvalue weighted by Gasteiger charge is -2.31. The fourth-order valence-electron chi connectivity index (χ4n) is 3.11. The van der Waals surface area contributed by atoms with Gasteiger partial charge in [-0.1, -0.05) is 37.3 Å². The monoisotopic (exact) mass is 449 g/mol. The average Bonchev–Trinajstić information content (AvgIpc) is 2.75. The van der Waals surface area contributed by atoms with Gasteiger partial charge < -0.3 is 10.2 Å². The topological polar surface area (TPSA) is 86.8 Å². The smallest absolute Gasteiger partial charge is 0.244 e. The van der Waals surface area contributed by atoms with Gasteiger partial charge in [0.1, 0.15) is 18.4 Å². The number of aryl methyl sites for hydroxylation is 1. The third-order valence-corrected chi connectivity index (χ3v) is 6.16. The van der Waals surface area contributed by atoms with Gasteiger partial charge in [-0.05, 0) is 37.1 Å². The highest BCUT2D eigenvalue weighted by molar-refractivity contribution is 7.92. The largest absolute Gasteiger partial charge is 0.357 e. The molecule has 2 amide bonds. The van der Waals surface area contributed by atoms with Crippen molar-refractivity contribution < 1.29 is 22.4 Å². The van der Waals surface area contributed by atoms with Crippen LogP contribution in [0, 0.1) is 5.82 Å². The molecule has 1 unspecified atom stereocenters. The minimum absolute atomic E-state index is 0.174. The molecule has 0 aliphatic rings. The van der Waals surface area contributed by atoms with Crippen molar-refractivity contribution in [1.82, 2.24) is 10.2 Å². The molecule has 1 N–H and O–H groups in total. The summed E-state index contributed by atoms with van der Waals surface area (Å²) in [7, 11) is -2.35. The second-order valence-corrected chi connectivity index (χ2v) is 9.10. The number of amides is 2. The first kappa shape index (κ1) is 24.3. The second-order valence-electron chi connectivity index (χ2n) is 7.19. The van der Waals surface area contributed by atoms with E-state index in [1.807, 2.05) is 6.92 Å². The van der Waals surface area contributed by atoms with Crippen molar-refractivity contribution in [3.8, 4) is 0 Å². The lowest BCUT2D eigenvalue weighted by atomic mass is 10.1. The molecule has 1 atom stereocenters. The van der Waals surface area contributed by atoms with Crippen molar-refractivity contribution in [3.63, 3.8) is 0 Å². The van der Waals surface area contributed by atoms with Crippen LogP contribution in [0.25, 0.3) is 0 Å². The predicted octanol–water partition coefficient (Wildman–Crippen LogP) is 2.32. The molecule has 2 rings (SSSR count). The fraction of sp³-hybridized carbons (Fsp3) is 0.364. The van der Waals surface area contributed by atoms with E-state index in [0.29, 0.717) is 5.69 Å². The van der Waals surface area contributed by atoms with E-state index in [9.17, 15) is 22.4 Å². The van der Waals surface area contributed by atoms with Crippen molar-refractivity contribution >= 4 is 27.5 Å². The first-order valence-electron chi connectivity index (χ1n) is 9.89. The number of nitrogens with one attached hydrogen (secondary N) is 1. The Balaban J connectivity index is 2.38. The Labute approximate surface area is 182 Å². The summed E-state index contributed by atoms with van der Waals surface area (Å²) in [5.74, 6) is -1.58. The normalized spacial score (nSPS) is 12.2. The minimum Gasteiger partial charge on any atom is -0.357 e. The molecule has 0 saturated carbocycles. The van der Waals surface area contributed by atoms with Crippen LogP contribution >= 0.6 is 0 Å². The molecule has 9 heteroatoms. The summed E-state index contributed by atoms with van der Waals surface area (Å²) in [5, 5.41) is 2.47. The van der Waals surface area contributed by atoms with Crippen molar-refractivity contribution in [1.29, 1.82) is 0 Å². The lowest BCUT2D eigenvalue weighted by molar-refractivity contribution is -0.139. The zero-order chi connectivity index (χ0) is 23.2. The maximum atomic E-state index is 14.2. The Morgan fingerprint density at radius 3 is 2.23 bits per heavy atom. The molecule has 7 nitrogen and oxygen atoms in total. The molecule has 0 aromatic heterocycles. The van der Waals surface area contributed by atoms with Crippen LogP contribution in [0.3, 0.4) is 0 Å². The molecular weight excluding hydrogens is 421 g/mol. The molecule has 0 aliphatic heterocycles. The number of benzene rings is 2. The number of nitrogens with zero attached hydrogens (tertiary/aromatic N) is 2. The van der Waals surface area contributed by atoms with Gasteiger partial charge in [0.05, 0.1) is 11.9 Å². The molecular formula is C22H28FN3O4S. The molecule has 168 valence electrons. The van der Waals surface area contributed by atoms with E-state index in [-0.39, 0.29) is 12.1 Å². The minimum atomic E-state index is -3.79. The molecule has 0 bridgehead atoms. The maximum absolute atomic E-state index is 14.2. The van der Waals surface area contributed by atoms with Crippen LogP contribution in [0.15, 0.2) is 48.5 Å². The number of hydrogen-bond acceptors (Lipinski definition) is 4. The summed E-state index contributed by atoms with van der Waals surface area (Å²) in [6, 6.07) is 11.9. The van der Waals surface area contributed by atoms with Crippen LogP contribution in [0.4, 0.5) is 10.1 Å². The molecule has 0 fully saturated rings. The standard InChI is InChI=1S/C22H28FN3O4S/c1-5-17-10-12-19(13-11-17)26(31(4,29)30)15-21(27)25(16(2)22(28)24-3)14-18-8-6-7-9-20(18)23/h6-13,16H,5,14-15H2,1-4H3,(H,24,28). The van der Waals surface area contributed by atoms with Crippen molar-refractivity contribution in [2.75, 3.05) is 24.2 Å². The van der Waals surface area contributed by atoms with Gasteiger partial charge in [0.25, 0.3) is 0 Å². The highest BCUT2D eigenvalue weighted by Gasteiger charge is 2.30. The number of carbonyl (C=O) groups excluding carboxylic acids is 2. The van der Waals surface area contributed by atoms with Gasteiger partial charge in [-0.15, -0.1) is 0 Å². The SMILES string of the molecule is CCc1ccc(N(CC(=O)N(Cc2ccccc2F)C(C)C(=O)NC)S(C)(=O)=O)cc1. The van der Waals surface area contributed by atoms with Crippen molar-refractivity contribution in [3.05, 3.63) is 65.5 Å². The molecule has 2 aromatic rings. The fourth-order valence-corrected chi connectivity index (χ4v) is 3.96. The third-order valence-electron chi connectivity index (χ3n) is 5.02. The summed E-state index contributed by atoms with van der Waals surface area (Å²) < 4.78 is 40.1. The van der Waals surface area contributed by atoms with Gasteiger partial charge in [0, 0.05) is 19.2 Å². The van der Waals surface area contributed by atoms with E-state index < -0.39 is 40.2 Å². The predicted molar refractivity (Wildman–Crippen MR) is 118 cm³/mol. The van der Waals surface area contributed by atoms with E-state index in [1.165, 1.54) is 37.1 Å². The van der Waals surface area contributed by atoms with Crippen LogP contribution < -0.4 is 9.62 Å². The Morgan fingerprint density at radius 1 is 1.10 bits per heavy atom. The molecule has 0 saturated heterocycles. The van der Waals surface area contributed by atoms with E-state index in [0.717, 1.165) is 22.5 Å². The third kappa shape index (κ3) is 6.27. The molecule has 0 aliphatic carbocycles. The molecule has 0 heterocycles. The number of sulfonamides is 1. The molecule has 2 aromatic carbocycles. The average molecular weight is 450 g/mol. The van der Waals surface area contributed by atoms with Gasteiger partial charge in [0.15, 0.2) is 0 Å². The maximum Gasteiger partial charge on any atom is 0.244 e. The first-order valence-corrected chi connectivity index (χ1v) is 11.7. The van der Waals surface area contributed by atoms with Crippen LogP contribution in [0.2, 0.25) is 0 Å². The Bertz CT molecular complexity index is 1030. The van der Waals surface area contributed by atoms with Crippen LogP contribution in [0.5, 0.6) is 0 Å². The van der Waals surface area contributed by atoms with E-state index in [2.05, 4.69) is 5.32 Å². The Kier molecular flexibility index (Phi) is 8.15. The van der Waals surface area contributed by atoms with Gasteiger partial charge >= 0.3 is 0 Å². The highest BCUT2D eigenvalue weighted by atomic mass is 32.2. The summed E-state index contributed by atoms with van der Waals surface area (Å²) in [6.45, 7) is 2.80. The Morgan fingerprint density at radius 2 is 1.71 bits per heavy atom. The van der Waals surface area contributed by atoms with Crippen molar-refractivity contribution in [2.45, 2.75) is 32.9 Å². The number of likely N-dealkylation sites (N-methyl/N-ethyl adjacent to an activating group) is 1. The van der Waals surface area contributed by atoms with Gasteiger partial charge in [-0.25, -0.2) is 12.8 Å². The lowest BCUT2D eigenvalue weighted by Crippen LogP contribution is -2.50. The highest BCUT2D eigenvalue weighted by Crippen LogP contribution is 2.20. The van der Waals surface area contributed by atoms with Gasteiger partial charge in [-0.2, -0.15) is 0 Å². The summed E-state index contributed by atoms with van der Waals surface area (Å²) >= 11 is 0.